The second-order valence-corrected chi connectivity index (χ2v) is 6.54. The van der Waals surface area contributed by atoms with Crippen molar-refractivity contribution in [2.24, 2.45) is 7.05 Å². The van der Waals surface area contributed by atoms with Crippen molar-refractivity contribution < 1.29 is 9.18 Å². The number of carbonyl (C=O) groups excluding carboxylic acids is 1. The Morgan fingerprint density at radius 1 is 1.24 bits per heavy atom. The molecule has 25 heavy (non-hydrogen) atoms. The molecule has 1 heterocycles. The van der Waals surface area contributed by atoms with Crippen LogP contribution in [0.15, 0.2) is 53.7 Å². The van der Waals surface area contributed by atoms with Crippen LogP contribution in [-0.2, 0) is 11.8 Å². The largest absolute Gasteiger partial charge is 0.324 e. The van der Waals surface area contributed by atoms with Crippen molar-refractivity contribution in [2.45, 2.75) is 5.16 Å². The fourth-order valence-corrected chi connectivity index (χ4v) is 3.11. The van der Waals surface area contributed by atoms with E-state index in [1.807, 2.05) is 41.9 Å². The van der Waals surface area contributed by atoms with Gasteiger partial charge in [-0.3, -0.25) is 4.79 Å². The molecule has 1 N–H and O–H groups in total. The number of amides is 1. The summed E-state index contributed by atoms with van der Waals surface area (Å²) in [6, 6.07) is 13.5. The highest BCUT2D eigenvalue weighted by Crippen LogP contribution is 2.24. The minimum atomic E-state index is -0.454. The number of benzene rings is 2. The molecule has 0 radical (unpaired) electrons. The van der Waals surface area contributed by atoms with Gasteiger partial charge in [0.25, 0.3) is 0 Å². The third kappa shape index (κ3) is 4.18. The average molecular weight is 377 g/mol. The third-order valence-electron chi connectivity index (χ3n) is 3.40. The Morgan fingerprint density at radius 3 is 2.72 bits per heavy atom. The zero-order chi connectivity index (χ0) is 17.8. The Balaban J connectivity index is 1.64. The number of anilines is 1. The summed E-state index contributed by atoms with van der Waals surface area (Å²) in [4.78, 5) is 12.1. The van der Waals surface area contributed by atoms with Gasteiger partial charge in [-0.05, 0) is 18.2 Å². The minimum absolute atomic E-state index is 0.133. The molecular formula is C17H14ClFN4OS. The Bertz CT molecular complexity index is 901. The van der Waals surface area contributed by atoms with E-state index in [0.717, 1.165) is 17.5 Å². The first kappa shape index (κ1) is 17.4. The number of nitrogens with zero attached hydrogens (tertiary/aromatic N) is 3. The van der Waals surface area contributed by atoms with Crippen molar-refractivity contribution in [2.75, 3.05) is 11.1 Å². The van der Waals surface area contributed by atoms with Gasteiger partial charge >= 0.3 is 0 Å². The van der Waals surface area contributed by atoms with Gasteiger partial charge in [0.05, 0.1) is 16.5 Å². The van der Waals surface area contributed by atoms with Crippen LogP contribution in [0.3, 0.4) is 0 Å². The zero-order valence-corrected chi connectivity index (χ0v) is 14.8. The number of carbonyl (C=O) groups is 1. The summed E-state index contributed by atoms with van der Waals surface area (Å²) in [7, 11) is 1.85. The van der Waals surface area contributed by atoms with Crippen LogP contribution in [0.4, 0.5) is 10.1 Å². The SMILES string of the molecule is Cn1c(SCC(=O)Nc2ccc(F)cc2Cl)nnc1-c1ccccc1. The molecule has 0 fully saturated rings. The van der Waals surface area contributed by atoms with Crippen LogP contribution >= 0.6 is 23.4 Å². The summed E-state index contributed by atoms with van der Waals surface area (Å²) in [6.07, 6.45) is 0. The van der Waals surface area contributed by atoms with E-state index >= 15 is 0 Å². The smallest absolute Gasteiger partial charge is 0.234 e. The van der Waals surface area contributed by atoms with Crippen molar-refractivity contribution in [1.82, 2.24) is 14.8 Å². The molecule has 128 valence electrons. The molecule has 3 aromatic rings. The number of halogens is 2. The number of thioether (sulfide) groups is 1. The molecule has 0 aliphatic heterocycles. The number of hydrogen-bond acceptors (Lipinski definition) is 4. The van der Waals surface area contributed by atoms with Gasteiger partial charge in [0, 0.05) is 12.6 Å². The van der Waals surface area contributed by atoms with Crippen molar-refractivity contribution in [3.05, 3.63) is 59.4 Å². The molecule has 0 bridgehead atoms. The highest BCUT2D eigenvalue weighted by molar-refractivity contribution is 7.99. The van der Waals surface area contributed by atoms with Gasteiger partial charge in [-0.15, -0.1) is 10.2 Å². The molecule has 2 aromatic carbocycles. The van der Waals surface area contributed by atoms with Crippen molar-refractivity contribution in [3.8, 4) is 11.4 Å². The fourth-order valence-electron chi connectivity index (χ4n) is 2.19. The second kappa shape index (κ2) is 7.67. The molecule has 0 saturated carbocycles. The molecule has 0 atom stereocenters. The predicted octanol–water partition coefficient (Wildman–Crippen LogP) is 4.01. The van der Waals surface area contributed by atoms with E-state index in [-0.39, 0.29) is 16.7 Å². The van der Waals surface area contributed by atoms with E-state index in [1.165, 1.54) is 23.9 Å². The highest BCUT2D eigenvalue weighted by atomic mass is 35.5. The number of aromatic nitrogens is 3. The van der Waals surface area contributed by atoms with Gasteiger partial charge in [0.2, 0.25) is 5.91 Å². The monoisotopic (exact) mass is 376 g/mol. The van der Waals surface area contributed by atoms with Crippen molar-refractivity contribution in [1.29, 1.82) is 0 Å². The van der Waals surface area contributed by atoms with Crippen LogP contribution in [0.5, 0.6) is 0 Å². The fraction of sp³-hybridized carbons (Fsp3) is 0.118. The molecule has 0 unspecified atom stereocenters. The van der Waals surface area contributed by atoms with Crippen LogP contribution in [-0.4, -0.2) is 26.4 Å². The summed E-state index contributed by atoms with van der Waals surface area (Å²) in [5, 5.41) is 11.7. The van der Waals surface area contributed by atoms with Gasteiger partial charge in [-0.25, -0.2) is 4.39 Å². The van der Waals surface area contributed by atoms with Gasteiger partial charge in [-0.2, -0.15) is 0 Å². The molecule has 8 heteroatoms. The van der Waals surface area contributed by atoms with Crippen molar-refractivity contribution >= 4 is 35.0 Å². The van der Waals surface area contributed by atoms with Crippen LogP contribution in [0, 0.1) is 5.82 Å². The van der Waals surface area contributed by atoms with E-state index in [9.17, 15) is 9.18 Å². The number of hydrogen-bond donors (Lipinski definition) is 1. The first-order valence-electron chi connectivity index (χ1n) is 7.37. The Hall–Kier alpha value is -2.38. The Kier molecular flexibility index (Phi) is 5.35. The van der Waals surface area contributed by atoms with Crippen molar-refractivity contribution in [3.63, 3.8) is 0 Å². The lowest BCUT2D eigenvalue weighted by Gasteiger charge is -2.07. The van der Waals surface area contributed by atoms with Gasteiger partial charge in [0.1, 0.15) is 5.82 Å². The van der Waals surface area contributed by atoms with Crippen LogP contribution in [0.2, 0.25) is 5.02 Å². The van der Waals surface area contributed by atoms with Crippen LogP contribution in [0.25, 0.3) is 11.4 Å². The van der Waals surface area contributed by atoms with E-state index in [0.29, 0.717) is 10.8 Å². The third-order valence-corrected chi connectivity index (χ3v) is 4.74. The van der Waals surface area contributed by atoms with Crippen LogP contribution in [0.1, 0.15) is 0 Å². The number of nitrogens with one attached hydrogen (secondary N) is 1. The minimum Gasteiger partial charge on any atom is -0.324 e. The maximum atomic E-state index is 13.0. The summed E-state index contributed by atoms with van der Waals surface area (Å²) in [6.45, 7) is 0. The normalized spacial score (nSPS) is 10.7. The lowest BCUT2D eigenvalue weighted by molar-refractivity contribution is -0.113. The molecule has 5 nitrogen and oxygen atoms in total. The zero-order valence-electron chi connectivity index (χ0n) is 13.2. The second-order valence-electron chi connectivity index (χ2n) is 5.19. The molecule has 0 saturated heterocycles. The van der Waals surface area contributed by atoms with Gasteiger partial charge in [0.15, 0.2) is 11.0 Å². The first-order chi connectivity index (χ1) is 12.0. The summed E-state index contributed by atoms with van der Waals surface area (Å²) >= 11 is 7.16. The maximum Gasteiger partial charge on any atom is 0.234 e. The summed E-state index contributed by atoms with van der Waals surface area (Å²) in [5.74, 6) is 0.145. The van der Waals surface area contributed by atoms with Crippen LogP contribution < -0.4 is 5.32 Å². The predicted molar refractivity (Wildman–Crippen MR) is 97.2 cm³/mol. The van der Waals surface area contributed by atoms with Gasteiger partial charge < -0.3 is 9.88 Å². The molecular weight excluding hydrogens is 363 g/mol. The average Bonchev–Trinajstić information content (AvgIpc) is 2.97. The molecule has 3 rings (SSSR count). The standard InChI is InChI=1S/C17H14ClFN4OS/c1-23-16(11-5-3-2-4-6-11)21-22-17(23)25-10-15(24)20-14-8-7-12(19)9-13(14)18/h2-9H,10H2,1H3,(H,20,24). The van der Waals surface area contributed by atoms with Gasteiger partial charge in [-0.1, -0.05) is 53.7 Å². The lowest BCUT2D eigenvalue weighted by atomic mass is 10.2. The molecule has 1 amide bonds. The van der Waals surface area contributed by atoms with E-state index in [4.69, 9.17) is 11.6 Å². The summed E-state index contributed by atoms with van der Waals surface area (Å²) in [5.41, 5.74) is 1.32. The lowest BCUT2D eigenvalue weighted by Crippen LogP contribution is -2.14. The number of rotatable bonds is 5. The molecule has 0 aliphatic carbocycles. The quantitative estimate of drug-likeness (QED) is 0.683. The molecule has 0 aliphatic rings. The Morgan fingerprint density at radius 2 is 2.00 bits per heavy atom. The topological polar surface area (TPSA) is 59.8 Å². The maximum absolute atomic E-state index is 13.0. The Labute approximate surface area is 153 Å². The summed E-state index contributed by atoms with van der Waals surface area (Å²) < 4.78 is 14.9. The molecule has 1 aromatic heterocycles. The van der Waals surface area contributed by atoms with E-state index in [2.05, 4.69) is 15.5 Å². The van der Waals surface area contributed by atoms with E-state index in [1.54, 1.807) is 0 Å². The van der Waals surface area contributed by atoms with E-state index < -0.39 is 5.82 Å². The first-order valence-corrected chi connectivity index (χ1v) is 8.73. The molecule has 0 spiro atoms. The highest BCUT2D eigenvalue weighted by Gasteiger charge is 2.13.